The monoisotopic (exact) mass is 455 g/mol. The molecule has 0 saturated carbocycles. The zero-order valence-electron chi connectivity index (χ0n) is 16.4. The second-order valence-electron chi connectivity index (χ2n) is 7.33. The van der Waals surface area contributed by atoms with Gasteiger partial charge in [-0.15, -0.1) is 0 Å². The van der Waals surface area contributed by atoms with Crippen LogP contribution < -0.4 is 5.32 Å². The summed E-state index contributed by atoms with van der Waals surface area (Å²) in [6.07, 6.45) is 0. The van der Waals surface area contributed by atoms with Crippen molar-refractivity contribution in [3.8, 4) is 11.1 Å². The number of halogens is 1. The third kappa shape index (κ3) is 3.80. The summed E-state index contributed by atoms with van der Waals surface area (Å²) in [6.45, 7) is 13.1. The highest BCUT2D eigenvalue weighted by molar-refractivity contribution is 14.1. The molecule has 0 amide bonds. The van der Waals surface area contributed by atoms with Crippen LogP contribution >= 0.6 is 22.6 Å². The van der Waals surface area contributed by atoms with Gasteiger partial charge in [0.15, 0.2) is 0 Å². The van der Waals surface area contributed by atoms with Crippen LogP contribution in [0, 0.1) is 45.1 Å². The summed E-state index contributed by atoms with van der Waals surface area (Å²) in [4.78, 5) is 0. The Morgan fingerprint density at radius 2 is 1.08 bits per heavy atom. The first kappa shape index (κ1) is 19.0. The van der Waals surface area contributed by atoms with Crippen molar-refractivity contribution in [1.29, 1.82) is 0 Å². The van der Waals surface area contributed by atoms with E-state index >= 15 is 0 Å². The minimum atomic E-state index is 1.15. The second-order valence-corrected chi connectivity index (χ2v) is 8.41. The molecule has 0 unspecified atom stereocenters. The highest BCUT2D eigenvalue weighted by atomic mass is 127. The third-order valence-corrected chi connectivity index (χ3v) is 6.78. The molecule has 0 aromatic heterocycles. The summed E-state index contributed by atoms with van der Waals surface area (Å²) in [7, 11) is 0. The minimum absolute atomic E-state index is 1.15. The van der Waals surface area contributed by atoms with Crippen LogP contribution in [-0.2, 0) is 0 Å². The lowest BCUT2D eigenvalue weighted by molar-refractivity contribution is 1.31. The molecule has 0 aliphatic rings. The van der Waals surface area contributed by atoms with Crippen LogP contribution in [0.3, 0.4) is 0 Å². The average Bonchev–Trinajstić information content (AvgIpc) is 2.58. The third-order valence-electron chi connectivity index (χ3n) is 5.08. The van der Waals surface area contributed by atoms with E-state index in [0.29, 0.717) is 0 Å². The maximum atomic E-state index is 3.62. The van der Waals surface area contributed by atoms with Crippen LogP contribution in [0.4, 0.5) is 11.4 Å². The molecule has 3 aromatic carbocycles. The number of nitrogens with one attached hydrogen (secondary N) is 1. The molecular formula is C24H26IN. The van der Waals surface area contributed by atoms with Gasteiger partial charge in [0.25, 0.3) is 0 Å². The molecule has 2 heteroatoms. The zero-order valence-corrected chi connectivity index (χ0v) is 18.6. The molecule has 1 N–H and O–H groups in total. The molecule has 0 radical (unpaired) electrons. The molecule has 0 fully saturated rings. The summed E-state index contributed by atoms with van der Waals surface area (Å²) in [5, 5.41) is 3.62. The fourth-order valence-electron chi connectivity index (χ4n) is 3.40. The number of rotatable bonds is 3. The fourth-order valence-corrected chi connectivity index (χ4v) is 3.71. The molecule has 0 aliphatic carbocycles. The second kappa shape index (κ2) is 7.43. The molecule has 3 aromatic rings. The van der Waals surface area contributed by atoms with Crippen molar-refractivity contribution in [2.75, 3.05) is 5.32 Å². The first-order valence-electron chi connectivity index (χ1n) is 8.99. The van der Waals surface area contributed by atoms with Crippen molar-refractivity contribution in [1.82, 2.24) is 0 Å². The number of aryl methyl sites for hydroxylation is 6. The topological polar surface area (TPSA) is 12.0 Å². The lowest BCUT2D eigenvalue weighted by Gasteiger charge is -2.17. The van der Waals surface area contributed by atoms with Crippen LogP contribution in [0.1, 0.15) is 33.4 Å². The zero-order chi connectivity index (χ0) is 19.0. The van der Waals surface area contributed by atoms with Gasteiger partial charge in [-0.2, -0.15) is 0 Å². The Hall–Kier alpha value is -1.81. The van der Waals surface area contributed by atoms with Gasteiger partial charge >= 0.3 is 0 Å². The lowest BCUT2D eigenvalue weighted by atomic mass is 9.96. The quantitative estimate of drug-likeness (QED) is 0.402. The van der Waals surface area contributed by atoms with Gasteiger partial charge < -0.3 is 5.32 Å². The fraction of sp³-hybridized carbons (Fsp3) is 0.250. The SMILES string of the molecule is Cc1ccc(Nc2c(C)cc(-c3cc(C)c(I)c(C)c3)cc2C)cc1C. The van der Waals surface area contributed by atoms with Gasteiger partial charge in [0.05, 0.1) is 0 Å². The van der Waals surface area contributed by atoms with Crippen LogP contribution in [0.15, 0.2) is 42.5 Å². The summed E-state index contributed by atoms with van der Waals surface area (Å²) >= 11 is 2.43. The number of hydrogen-bond donors (Lipinski definition) is 1. The molecule has 1 nitrogen and oxygen atoms in total. The first-order valence-corrected chi connectivity index (χ1v) is 10.1. The van der Waals surface area contributed by atoms with Gasteiger partial charge in [0, 0.05) is 14.9 Å². The van der Waals surface area contributed by atoms with Crippen LogP contribution in [0.2, 0.25) is 0 Å². The number of hydrogen-bond acceptors (Lipinski definition) is 1. The van der Waals surface area contributed by atoms with Crippen LogP contribution in [0.5, 0.6) is 0 Å². The molecule has 0 aliphatic heterocycles. The summed E-state index contributed by atoms with van der Waals surface area (Å²) in [5.74, 6) is 0. The van der Waals surface area contributed by atoms with E-state index in [4.69, 9.17) is 0 Å². The summed E-state index contributed by atoms with van der Waals surface area (Å²) < 4.78 is 1.35. The molecule has 0 bridgehead atoms. The highest BCUT2D eigenvalue weighted by Gasteiger charge is 2.10. The average molecular weight is 455 g/mol. The predicted molar refractivity (Wildman–Crippen MR) is 123 cm³/mol. The van der Waals surface area contributed by atoms with E-state index in [2.05, 4.69) is 112 Å². The lowest BCUT2D eigenvalue weighted by Crippen LogP contribution is -1.98. The molecule has 3 rings (SSSR count). The Morgan fingerprint density at radius 1 is 0.577 bits per heavy atom. The Morgan fingerprint density at radius 3 is 1.58 bits per heavy atom. The minimum Gasteiger partial charge on any atom is -0.355 e. The molecule has 134 valence electrons. The molecule has 0 spiro atoms. The van der Waals surface area contributed by atoms with Crippen molar-refractivity contribution in [3.63, 3.8) is 0 Å². The standard InChI is InChI=1S/C24H26IN/c1-14-7-8-22(13-15(14)2)26-24-18(5)11-21(12-19(24)6)20-9-16(3)23(25)17(4)10-20/h7-13,26H,1-6H3. The van der Waals surface area contributed by atoms with Crippen molar-refractivity contribution >= 4 is 34.0 Å². The summed E-state index contributed by atoms with van der Waals surface area (Å²) in [6, 6.07) is 15.7. The van der Waals surface area contributed by atoms with Gasteiger partial charge in [0.1, 0.15) is 0 Å². The van der Waals surface area contributed by atoms with Gasteiger partial charge in [-0.25, -0.2) is 0 Å². The molecule has 26 heavy (non-hydrogen) atoms. The Labute approximate surface area is 171 Å². The van der Waals surface area contributed by atoms with E-state index in [1.54, 1.807) is 0 Å². The number of anilines is 2. The first-order chi connectivity index (χ1) is 12.3. The normalized spacial score (nSPS) is 10.9. The molecular weight excluding hydrogens is 429 g/mol. The number of benzene rings is 3. The van der Waals surface area contributed by atoms with Gasteiger partial charge in [-0.3, -0.25) is 0 Å². The van der Waals surface area contributed by atoms with Crippen molar-refractivity contribution in [2.24, 2.45) is 0 Å². The molecule has 0 heterocycles. The van der Waals surface area contributed by atoms with E-state index in [0.717, 1.165) is 5.69 Å². The molecule has 0 atom stereocenters. The van der Waals surface area contributed by atoms with Crippen molar-refractivity contribution < 1.29 is 0 Å². The van der Waals surface area contributed by atoms with E-state index < -0.39 is 0 Å². The van der Waals surface area contributed by atoms with Gasteiger partial charge in [-0.05, 0) is 133 Å². The van der Waals surface area contributed by atoms with E-state index in [1.165, 1.54) is 53.8 Å². The van der Waals surface area contributed by atoms with Crippen molar-refractivity contribution in [2.45, 2.75) is 41.5 Å². The highest BCUT2D eigenvalue weighted by Crippen LogP contribution is 2.33. The van der Waals surface area contributed by atoms with E-state index in [-0.39, 0.29) is 0 Å². The van der Waals surface area contributed by atoms with Crippen LogP contribution in [-0.4, -0.2) is 0 Å². The van der Waals surface area contributed by atoms with E-state index in [9.17, 15) is 0 Å². The Bertz CT molecular complexity index is 939. The smallest absolute Gasteiger partial charge is 0.0444 e. The maximum Gasteiger partial charge on any atom is 0.0444 e. The maximum absolute atomic E-state index is 3.62. The van der Waals surface area contributed by atoms with Crippen LogP contribution in [0.25, 0.3) is 11.1 Å². The van der Waals surface area contributed by atoms with Gasteiger partial charge in [-0.1, -0.05) is 18.2 Å². The Kier molecular flexibility index (Phi) is 5.42. The molecule has 0 saturated heterocycles. The van der Waals surface area contributed by atoms with Gasteiger partial charge in [0.2, 0.25) is 0 Å². The van der Waals surface area contributed by atoms with E-state index in [1.807, 2.05) is 0 Å². The van der Waals surface area contributed by atoms with Crippen molar-refractivity contribution in [3.05, 3.63) is 79.4 Å². The Balaban J connectivity index is 1.99. The largest absolute Gasteiger partial charge is 0.355 e. The predicted octanol–water partition coefficient (Wildman–Crippen LogP) is 7.55. The summed E-state index contributed by atoms with van der Waals surface area (Å²) in [5.41, 5.74) is 12.8.